The monoisotopic (exact) mass is 449 g/mol. The third-order valence-electron chi connectivity index (χ3n) is 3.59. The summed E-state index contributed by atoms with van der Waals surface area (Å²) in [5, 5.41) is 13.4. The summed E-state index contributed by atoms with van der Waals surface area (Å²) in [6.07, 6.45) is -10.7. The fourth-order valence-electron chi connectivity index (χ4n) is 2.28. The molecule has 2 aromatic rings. The van der Waals surface area contributed by atoms with Crippen LogP contribution in [0.3, 0.4) is 0 Å². The van der Waals surface area contributed by atoms with E-state index in [2.05, 4.69) is 5.10 Å². The van der Waals surface area contributed by atoms with Crippen LogP contribution in [0.25, 0.3) is 0 Å². The molecule has 0 N–H and O–H groups in total. The standard InChI is InChI=1S/C15H11F8N3O2S/c1-8-4-9(2-3-10(8)26(27)28)6-25-12(29-7-13(16,17)18)5-11(24-25)14(19,20)15(21,22)23/h2-5H,6-7H2,1H3. The average Bonchev–Trinajstić information content (AvgIpc) is 2.94. The molecule has 0 spiro atoms. The van der Waals surface area contributed by atoms with Gasteiger partial charge >= 0.3 is 18.3 Å². The lowest BCUT2D eigenvalue weighted by molar-refractivity contribution is -0.385. The molecule has 0 amide bonds. The van der Waals surface area contributed by atoms with Gasteiger partial charge in [0.15, 0.2) is 0 Å². The molecule has 29 heavy (non-hydrogen) atoms. The number of nitro groups is 1. The normalized spacial score (nSPS) is 13.0. The predicted octanol–water partition coefficient (Wildman–Crippen LogP) is 5.46. The Hall–Kier alpha value is -2.38. The van der Waals surface area contributed by atoms with E-state index in [0.717, 1.165) is 6.07 Å². The van der Waals surface area contributed by atoms with E-state index in [1.807, 2.05) is 0 Å². The maximum atomic E-state index is 13.6. The molecule has 0 aliphatic rings. The van der Waals surface area contributed by atoms with Crippen LogP contribution in [0.5, 0.6) is 0 Å². The average molecular weight is 449 g/mol. The van der Waals surface area contributed by atoms with Gasteiger partial charge in [0.1, 0.15) is 5.69 Å². The molecule has 0 saturated heterocycles. The summed E-state index contributed by atoms with van der Waals surface area (Å²) >= 11 is -0.000396. The molecule has 0 bridgehead atoms. The lowest BCUT2D eigenvalue weighted by Gasteiger charge is -2.16. The van der Waals surface area contributed by atoms with Gasteiger partial charge in [0.2, 0.25) is 0 Å². The minimum Gasteiger partial charge on any atom is -0.258 e. The SMILES string of the molecule is Cc1cc(Cn2nc(C(F)(F)C(F)(F)F)cc2SCC(F)(F)F)ccc1[N+](=O)[O-]. The minimum absolute atomic E-state index is 0.000396. The van der Waals surface area contributed by atoms with E-state index < -0.39 is 46.2 Å². The topological polar surface area (TPSA) is 61.0 Å². The highest BCUT2D eigenvalue weighted by Gasteiger charge is 2.60. The van der Waals surface area contributed by atoms with Gasteiger partial charge in [-0.05, 0) is 24.6 Å². The molecular formula is C15H11F8N3O2S. The van der Waals surface area contributed by atoms with E-state index in [1.54, 1.807) is 0 Å². The van der Waals surface area contributed by atoms with Crippen molar-refractivity contribution < 1.29 is 40.0 Å². The lowest BCUT2D eigenvalue weighted by atomic mass is 10.1. The number of hydrogen-bond acceptors (Lipinski definition) is 4. The van der Waals surface area contributed by atoms with Crippen LogP contribution in [0.2, 0.25) is 0 Å². The van der Waals surface area contributed by atoms with Crippen LogP contribution in [0.15, 0.2) is 29.3 Å². The Bertz CT molecular complexity index is 908. The molecule has 0 radical (unpaired) electrons. The molecule has 0 atom stereocenters. The summed E-state index contributed by atoms with van der Waals surface area (Å²) in [4.78, 5) is 10.1. The van der Waals surface area contributed by atoms with Gasteiger partial charge in [0, 0.05) is 11.6 Å². The molecule has 160 valence electrons. The second-order valence-electron chi connectivity index (χ2n) is 5.88. The maximum absolute atomic E-state index is 13.6. The van der Waals surface area contributed by atoms with Crippen LogP contribution in [0.4, 0.5) is 40.8 Å². The quantitative estimate of drug-likeness (QED) is 0.255. The van der Waals surface area contributed by atoms with Crippen molar-refractivity contribution in [3.05, 3.63) is 51.2 Å². The largest absolute Gasteiger partial charge is 0.459 e. The Kier molecular flexibility index (Phi) is 6.16. The van der Waals surface area contributed by atoms with Crippen molar-refractivity contribution in [3.63, 3.8) is 0 Å². The smallest absolute Gasteiger partial charge is 0.258 e. The van der Waals surface area contributed by atoms with Crippen molar-refractivity contribution in [1.29, 1.82) is 0 Å². The number of thioether (sulfide) groups is 1. The summed E-state index contributed by atoms with van der Waals surface area (Å²) in [5.41, 5.74) is -1.62. The highest BCUT2D eigenvalue weighted by atomic mass is 32.2. The van der Waals surface area contributed by atoms with Gasteiger partial charge in [-0.1, -0.05) is 17.8 Å². The van der Waals surface area contributed by atoms with Gasteiger partial charge in [-0.15, -0.1) is 0 Å². The number of alkyl halides is 8. The molecule has 1 aromatic heterocycles. The third-order valence-corrected chi connectivity index (χ3v) is 4.69. The van der Waals surface area contributed by atoms with Gasteiger partial charge in [0.05, 0.1) is 22.2 Å². The first-order chi connectivity index (χ1) is 13.1. The van der Waals surface area contributed by atoms with Crippen molar-refractivity contribution in [2.24, 2.45) is 0 Å². The van der Waals surface area contributed by atoms with Crippen molar-refractivity contribution in [2.45, 2.75) is 36.8 Å². The van der Waals surface area contributed by atoms with Crippen LogP contribution >= 0.6 is 11.8 Å². The number of hydrogen-bond donors (Lipinski definition) is 0. The number of benzene rings is 1. The number of aryl methyl sites for hydroxylation is 1. The summed E-state index contributed by atoms with van der Waals surface area (Å²) < 4.78 is 103. The number of aromatic nitrogens is 2. The summed E-state index contributed by atoms with van der Waals surface area (Å²) in [5.74, 6) is -6.90. The summed E-state index contributed by atoms with van der Waals surface area (Å²) in [6, 6.07) is 3.80. The van der Waals surface area contributed by atoms with Crippen LogP contribution in [0.1, 0.15) is 16.8 Å². The second kappa shape index (κ2) is 7.80. The number of halogens is 8. The first kappa shape index (κ1) is 22.9. The fourth-order valence-corrected chi connectivity index (χ4v) is 3.04. The molecule has 2 rings (SSSR count). The molecular weight excluding hydrogens is 438 g/mol. The molecule has 1 heterocycles. The van der Waals surface area contributed by atoms with Gasteiger partial charge in [-0.3, -0.25) is 14.8 Å². The van der Waals surface area contributed by atoms with Gasteiger partial charge in [-0.2, -0.15) is 40.2 Å². The van der Waals surface area contributed by atoms with E-state index >= 15 is 0 Å². The molecule has 1 aromatic carbocycles. The predicted molar refractivity (Wildman–Crippen MR) is 85.9 cm³/mol. The first-order valence-corrected chi connectivity index (χ1v) is 8.56. The van der Waals surface area contributed by atoms with E-state index in [9.17, 15) is 45.2 Å². The Balaban J connectivity index is 2.43. The fraction of sp³-hybridized carbons (Fsp3) is 0.400. The molecule has 5 nitrogen and oxygen atoms in total. The van der Waals surface area contributed by atoms with Crippen molar-refractivity contribution in [3.8, 4) is 0 Å². The first-order valence-electron chi connectivity index (χ1n) is 7.58. The molecule has 0 saturated carbocycles. The Labute approximate surface area is 161 Å². The highest BCUT2D eigenvalue weighted by molar-refractivity contribution is 7.99. The van der Waals surface area contributed by atoms with Gasteiger partial charge in [-0.25, -0.2) is 0 Å². The third kappa shape index (κ3) is 5.36. The maximum Gasteiger partial charge on any atom is 0.459 e. The zero-order valence-electron chi connectivity index (χ0n) is 14.3. The zero-order valence-corrected chi connectivity index (χ0v) is 15.1. The summed E-state index contributed by atoms with van der Waals surface area (Å²) in [6.45, 7) is 0.903. The lowest BCUT2D eigenvalue weighted by Crippen LogP contribution is -2.34. The van der Waals surface area contributed by atoms with Gasteiger partial charge < -0.3 is 0 Å². The number of nitro benzene ring substituents is 1. The number of nitrogens with zero attached hydrogens (tertiary/aromatic N) is 3. The van der Waals surface area contributed by atoms with Crippen LogP contribution in [-0.2, 0) is 12.5 Å². The van der Waals surface area contributed by atoms with Crippen molar-refractivity contribution >= 4 is 17.4 Å². The van der Waals surface area contributed by atoms with E-state index in [4.69, 9.17) is 0 Å². The van der Waals surface area contributed by atoms with Crippen LogP contribution in [0, 0.1) is 17.0 Å². The zero-order chi connectivity index (χ0) is 22.2. The summed E-state index contributed by atoms with van der Waals surface area (Å²) in [7, 11) is 0. The van der Waals surface area contributed by atoms with E-state index in [1.165, 1.54) is 19.1 Å². The van der Waals surface area contributed by atoms with Crippen molar-refractivity contribution in [1.82, 2.24) is 9.78 Å². The van der Waals surface area contributed by atoms with Crippen LogP contribution < -0.4 is 0 Å². The molecule has 0 aliphatic heterocycles. The number of rotatable bonds is 6. The second-order valence-corrected chi connectivity index (χ2v) is 6.88. The molecule has 0 fully saturated rings. The highest BCUT2D eigenvalue weighted by Crippen LogP contribution is 2.44. The Morgan fingerprint density at radius 1 is 1.10 bits per heavy atom. The van der Waals surface area contributed by atoms with E-state index in [0.29, 0.717) is 4.68 Å². The Morgan fingerprint density at radius 3 is 2.21 bits per heavy atom. The van der Waals surface area contributed by atoms with Gasteiger partial charge in [0.25, 0.3) is 5.69 Å². The van der Waals surface area contributed by atoms with Crippen molar-refractivity contribution in [2.75, 3.05) is 5.75 Å². The minimum atomic E-state index is -5.98. The van der Waals surface area contributed by atoms with E-state index in [-0.39, 0.29) is 34.6 Å². The molecule has 0 unspecified atom stereocenters. The Morgan fingerprint density at radius 2 is 1.72 bits per heavy atom. The van der Waals surface area contributed by atoms with Crippen LogP contribution in [-0.4, -0.2) is 32.8 Å². The molecule has 0 aliphatic carbocycles. The molecule has 14 heteroatoms.